The van der Waals surface area contributed by atoms with Crippen molar-refractivity contribution in [3.8, 4) is 11.1 Å². The van der Waals surface area contributed by atoms with E-state index in [1.807, 2.05) is 40.6 Å². The molecule has 1 amide bonds. The average Bonchev–Trinajstić information content (AvgIpc) is 3.11. The van der Waals surface area contributed by atoms with Crippen LogP contribution in [0.4, 0.5) is 0 Å². The molecule has 1 aromatic heterocycles. The van der Waals surface area contributed by atoms with E-state index in [1.54, 1.807) is 14.0 Å². The molecule has 1 fully saturated rings. The van der Waals surface area contributed by atoms with Crippen LogP contribution < -0.4 is 0 Å². The second kappa shape index (κ2) is 7.28. The van der Waals surface area contributed by atoms with Crippen molar-refractivity contribution in [2.45, 2.75) is 25.9 Å². The van der Waals surface area contributed by atoms with Gasteiger partial charge in [0, 0.05) is 31.3 Å². The highest BCUT2D eigenvalue weighted by Gasteiger charge is 2.24. The van der Waals surface area contributed by atoms with E-state index in [-0.39, 0.29) is 17.8 Å². The smallest absolute Gasteiger partial charge is 0.253 e. The zero-order chi connectivity index (χ0) is 17.1. The molecule has 1 atom stereocenters. The average molecular weight is 343 g/mol. The molecule has 5 heteroatoms. The van der Waals surface area contributed by atoms with Gasteiger partial charge in [-0.2, -0.15) is 0 Å². The Balaban J connectivity index is 1.78. The van der Waals surface area contributed by atoms with Crippen LogP contribution in [-0.4, -0.2) is 42.9 Å². The van der Waals surface area contributed by atoms with Gasteiger partial charge in [-0.15, -0.1) is 11.3 Å². The Bertz CT molecular complexity index is 735. The number of hydrogen-bond donors (Lipinski definition) is 0. The fourth-order valence-electron chi connectivity index (χ4n) is 3.10. The van der Waals surface area contributed by atoms with Crippen LogP contribution in [0.5, 0.6) is 0 Å². The molecule has 4 nitrogen and oxygen atoms in total. The monoisotopic (exact) mass is 343 g/mol. The molecule has 1 aromatic carbocycles. The predicted octanol–water partition coefficient (Wildman–Crippen LogP) is 3.87. The summed E-state index contributed by atoms with van der Waals surface area (Å²) in [5.41, 5.74) is 2.57. The number of methoxy groups -OCH3 is 1. The molecule has 0 spiro atoms. The molecule has 126 valence electrons. The number of carbonyl (C=O) groups is 2. The summed E-state index contributed by atoms with van der Waals surface area (Å²) in [6.07, 6.45) is 2.11. The summed E-state index contributed by atoms with van der Waals surface area (Å²) in [5.74, 6) is 0.111. The highest BCUT2D eigenvalue weighted by molar-refractivity contribution is 7.12. The molecule has 0 radical (unpaired) electrons. The van der Waals surface area contributed by atoms with E-state index >= 15 is 0 Å². The number of hydrogen-bond acceptors (Lipinski definition) is 4. The van der Waals surface area contributed by atoms with Gasteiger partial charge in [0.1, 0.15) is 0 Å². The van der Waals surface area contributed by atoms with Gasteiger partial charge < -0.3 is 9.64 Å². The second-order valence-electron chi connectivity index (χ2n) is 6.05. The molecule has 0 saturated carbocycles. The van der Waals surface area contributed by atoms with Crippen molar-refractivity contribution in [2.24, 2.45) is 0 Å². The lowest BCUT2D eigenvalue weighted by molar-refractivity contribution is 0.0269. The van der Waals surface area contributed by atoms with Crippen molar-refractivity contribution in [3.05, 3.63) is 46.2 Å². The molecule has 1 aliphatic rings. The number of rotatable bonds is 4. The van der Waals surface area contributed by atoms with Crippen LogP contribution in [0.15, 0.2) is 35.7 Å². The molecule has 24 heavy (non-hydrogen) atoms. The molecule has 1 aliphatic heterocycles. The first-order valence-electron chi connectivity index (χ1n) is 8.11. The lowest BCUT2D eigenvalue weighted by atomic mass is 10.0. The standard InChI is InChI=1S/C19H21NO3S/c1-13(21)18-17(9-11-24-18)14-5-7-15(8-6-14)19(22)20-10-3-4-16(12-20)23-2/h5-9,11,16H,3-4,10,12H2,1-2H3. The van der Waals surface area contributed by atoms with E-state index in [2.05, 4.69) is 0 Å². The molecule has 3 rings (SSSR count). The van der Waals surface area contributed by atoms with E-state index < -0.39 is 0 Å². The Morgan fingerprint density at radius 1 is 1.21 bits per heavy atom. The van der Waals surface area contributed by atoms with Crippen LogP contribution in [0.25, 0.3) is 11.1 Å². The number of ketones is 1. The van der Waals surface area contributed by atoms with Gasteiger partial charge in [0.25, 0.3) is 5.91 Å². The van der Waals surface area contributed by atoms with Crippen molar-refractivity contribution in [1.29, 1.82) is 0 Å². The minimum Gasteiger partial charge on any atom is -0.380 e. The Morgan fingerprint density at radius 3 is 2.62 bits per heavy atom. The summed E-state index contributed by atoms with van der Waals surface area (Å²) in [4.78, 5) is 26.9. The molecule has 2 heterocycles. The third-order valence-corrected chi connectivity index (χ3v) is 5.44. The Kier molecular flexibility index (Phi) is 5.11. The fourth-order valence-corrected chi connectivity index (χ4v) is 3.92. The molecule has 0 aliphatic carbocycles. The number of likely N-dealkylation sites (tertiary alicyclic amines) is 1. The minimum atomic E-state index is 0.0420. The molecule has 1 unspecified atom stereocenters. The Labute approximate surface area is 146 Å². The highest BCUT2D eigenvalue weighted by Crippen LogP contribution is 2.29. The first-order chi connectivity index (χ1) is 11.6. The van der Waals surface area contributed by atoms with Gasteiger partial charge in [0.15, 0.2) is 5.78 Å². The van der Waals surface area contributed by atoms with Crippen molar-refractivity contribution in [3.63, 3.8) is 0 Å². The van der Waals surface area contributed by atoms with Gasteiger partial charge in [-0.25, -0.2) is 0 Å². The number of carbonyl (C=O) groups excluding carboxylic acids is 2. The number of nitrogens with zero attached hydrogens (tertiary/aromatic N) is 1. The second-order valence-corrected chi connectivity index (χ2v) is 6.96. The SMILES string of the molecule is COC1CCCN(C(=O)c2ccc(-c3ccsc3C(C)=O)cc2)C1. The third kappa shape index (κ3) is 3.42. The summed E-state index contributed by atoms with van der Waals surface area (Å²) in [5, 5.41) is 1.92. The molecular formula is C19H21NO3S. The number of thiophene rings is 1. The molecule has 0 bridgehead atoms. The maximum atomic E-state index is 12.7. The highest BCUT2D eigenvalue weighted by atomic mass is 32.1. The van der Waals surface area contributed by atoms with Gasteiger partial charge >= 0.3 is 0 Å². The summed E-state index contributed by atoms with van der Waals surface area (Å²) in [6, 6.07) is 9.47. The lowest BCUT2D eigenvalue weighted by Crippen LogP contribution is -2.42. The third-order valence-electron chi connectivity index (χ3n) is 4.43. The van der Waals surface area contributed by atoms with Crippen molar-refractivity contribution in [1.82, 2.24) is 4.90 Å². The zero-order valence-corrected chi connectivity index (χ0v) is 14.8. The van der Waals surface area contributed by atoms with Crippen molar-refractivity contribution in [2.75, 3.05) is 20.2 Å². The van der Waals surface area contributed by atoms with Gasteiger partial charge in [-0.3, -0.25) is 9.59 Å². The van der Waals surface area contributed by atoms with E-state index in [9.17, 15) is 9.59 Å². The van der Waals surface area contributed by atoms with Gasteiger partial charge in [-0.05, 0) is 48.9 Å². The van der Waals surface area contributed by atoms with Crippen molar-refractivity contribution < 1.29 is 14.3 Å². The lowest BCUT2D eigenvalue weighted by Gasteiger charge is -2.32. The first kappa shape index (κ1) is 16.9. The van der Waals surface area contributed by atoms with Crippen LogP contribution in [0.2, 0.25) is 0 Å². The molecule has 1 saturated heterocycles. The van der Waals surface area contributed by atoms with E-state index in [0.717, 1.165) is 35.4 Å². The number of piperidine rings is 1. The summed E-state index contributed by atoms with van der Waals surface area (Å²) >= 11 is 1.45. The Hall–Kier alpha value is -1.98. The molecule has 2 aromatic rings. The van der Waals surface area contributed by atoms with Crippen LogP contribution in [0, 0.1) is 0 Å². The molecule has 0 N–H and O–H groups in total. The number of benzene rings is 1. The van der Waals surface area contributed by atoms with Crippen LogP contribution in [-0.2, 0) is 4.74 Å². The predicted molar refractivity (Wildman–Crippen MR) is 95.7 cm³/mol. The Morgan fingerprint density at radius 2 is 1.96 bits per heavy atom. The first-order valence-corrected chi connectivity index (χ1v) is 8.99. The van der Waals surface area contributed by atoms with E-state index in [4.69, 9.17) is 4.74 Å². The molecular weight excluding hydrogens is 322 g/mol. The zero-order valence-electron chi connectivity index (χ0n) is 14.0. The van der Waals surface area contributed by atoms with Crippen LogP contribution >= 0.6 is 11.3 Å². The van der Waals surface area contributed by atoms with Crippen molar-refractivity contribution >= 4 is 23.0 Å². The topological polar surface area (TPSA) is 46.6 Å². The number of Topliss-reactive ketones (excluding diaryl/α,β-unsaturated/α-hetero) is 1. The number of amides is 1. The van der Waals surface area contributed by atoms with E-state index in [1.165, 1.54) is 11.3 Å². The largest absolute Gasteiger partial charge is 0.380 e. The summed E-state index contributed by atoms with van der Waals surface area (Å²) in [6.45, 7) is 3.01. The quantitative estimate of drug-likeness (QED) is 0.792. The van der Waals surface area contributed by atoms with Crippen LogP contribution in [0.1, 0.15) is 39.8 Å². The maximum absolute atomic E-state index is 12.7. The minimum absolute atomic E-state index is 0.0420. The van der Waals surface area contributed by atoms with Gasteiger partial charge in [0.05, 0.1) is 11.0 Å². The fraction of sp³-hybridized carbons (Fsp3) is 0.368. The van der Waals surface area contributed by atoms with E-state index in [0.29, 0.717) is 12.1 Å². The van der Waals surface area contributed by atoms with Crippen LogP contribution in [0.3, 0.4) is 0 Å². The summed E-state index contributed by atoms with van der Waals surface area (Å²) in [7, 11) is 1.70. The van der Waals surface area contributed by atoms with Gasteiger partial charge in [-0.1, -0.05) is 12.1 Å². The normalized spacial score (nSPS) is 17.8. The maximum Gasteiger partial charge on any atom is 0.253 e. The summed E-state index contributed by atoms with van der Waals surface area (Å²) < 4.78 is 5.39. The number of ether oxygens (including phenoxy) is 1. The van der Waals surface area contributed by atoms with Gasteiger partial charge in [0.2, 0.25) is 0 Å².